The van der Waals surface area contributed by atoms with Gasteiger partial charge < -0.3 is 10.2 Å². The quantitative estimate of drug-likeness (QED) is 0.853. The van der Waals surface area contributed by atoms with Crippen LogP contribution in [-0.2, 0) is 6.54 Å². The zero-order valence-corrected chi connectivity index (χ0v) is 11.2. The van der Waals surface area contributed by atoms with Crippen LogP contribution in [0.1, 0.15) is 11.1 Å². The number of hydrogen-bond donors (Lipinski definition) is 1. The molecule has 94 valence electrons. The fourth-order valence-electron chi connectivity index (χ4n) is 2.25. The zero-order valence-electron chi connectivity index (χ0n) is 11.2. The molecule has 0 radical (unpaired) electrons. The molecule has 1 aromatic rings. The maximum Gasteiger partial charge on any atom is 0.0363 e. The van der Waals surface area contributed by atoms with E-state index in [1.54, 1.807) is 0 Å². The molecule has 1 aromatic carbocycles. The molecule has 1 saturated heterocycles. The topological polar surface area (TPSA) is 18.5 Å². The Balaban J connectivity index is 2.05. The first-order chi connectivity index (χ1) is 8.16. The van der Waals surface area contributed by atoms with Gasteiger partial charge in [0.1, 0.15) is 0 Å². The molecule has 1 aliphatic rings. The van der Waals surface area contributed by atoms with E-state index in [9.17, 15) is 0 Å². The number of aryl methyl sites for hydroxylation is 1. The monoisotopic (exact) mass is 233 g/mol. The van der Waals surface area contributed by atoms with Crippen LogP contribution >= 0.6 is 0 Å². The summed E-state index contributed by atoms with van der Waals surface area (Å²) in [5.41, 5.74) is 4.14. The number of hydrogen-bond acceptors (Lipinski definition) is 3. The average Bonchev–Trinajstić information content (AvgIpc) is 2.33. The molecule has 0 aliphatic carbocycles. The first-order valence-electron chi connectivity index (χ1n) is 6.37. The van der Waals surface area contributed by atoms with Gasteiger partial charge in [-0.05, 0) is 30.2 Å². The Bertz CT molecular complexity index is 368. The third kappa shape index (κ3) is 3.20. The second kappa shape index (κ2) is 5.52. The van der Waals surface area contributed by atoms with Crippen molar-refractivity contribution < 1.29 is 0 Å². The summed E-state index contributed by atoms with van der Waals surface area (Å²) in [4.78, 5) is 4.68. The van der Waals surface area contributed by atoms with E-state index in [-0.39, 0.29) is 0 Å². The molecule has 3 nitrogen and oxygen atoms in total. The normalized spacial score (nSPS) is 17.1. The second-order valence-electron chi connectivity index (χ2n) is 5.03. The molecule has 0 amide bonds. The SMILES string of the molecule is Cc1cc(N(C)C)ccc1CN1CCNCC1. The Morgan fingerprint density at radius 3 is 2.53 bits per heavy atom. The minimum atomic E-state index is 1.08. The Morgan fingerprint density at radius 2 is 1.94 bits per heavy atom. The van der Waals surface area contributed by atoms with Crippen molar-refractivity contribution in [2.75, 3.05) is 45.2 Å². The average molecular weight is 233 g/mol. The predicted molar refractivity (Wildman–Crippen MR) is 73.7 cm³/mol. The van der Waals surface area contributed by atoms with Crippen LogP contribution in [0.2, 0.25) is 0 Å². The number of piperazine rings is 1. The second-order valence-corrected chi connectivity index (χ2v) is 5.03. The summed E-state index contributed by atoms with van der Waals surface area (Å²) in [5.74, 6) is 0. The molecule has 0 bridgehead atoms. The largest absolute Gasteiger partial charge is 0.378 e. The first-order valence-corrected chi connectivity index (χ1v) is 6.37. The molecule has 17 heavy (non-hydrogen) atoms. The molecule has 2 rings (SSSR count). The van der Waals surface area contributed by atoms with Crippen LogP contribution in [0.25, 0.3) is 0 Å². The highest BCUT2D eigenvalue weighted by atomic mass is 15.2. The van der Waals surface area contributed by atoms with Crippen molar-refractivity contribution in [2.24, 2.45) is 0 Å². The number of rotatable bonds is 3. The van der Waals surface area contributed by atoms with E-state index in [4.69, 9.17) is 0 Å². The lowest BCUT2D eigenvalue weighted by molar-refractivity contribution is 0.233. The van der Waals surface area contributed by atoms with Crippen molar-refractivity contribution in [3.8, 4) is 0 Å². The molecule has 1 fully saturated rings. The van der Waals surface area contributed by atoms with E-state index in [2.05, 4.69) is 54.3 Å². The molecule has 3 heteroatoms. The predicted octanol–water partition coefficient (Wildman–Crippen LogP) is 1.47. The highest BCUT2D eigenvalue weighted by Crippen LogP contribution is 2.18. The smallest absolute Gasteiger partial charge is 0.0363 e. The summed E-state index contributed by atoms with van der Waals surface area (Å²) in [6, 6.07) is 6.76. The van der Waals surface area contributed by atoms with Crippen LogP contribution in [0.5, 0.6) is 0 Å². The van der Waals surface area contributed by atoms with Gasteiger partial charge in [0.15, 0.2) is 0 Å². The minimum absolute atomic E-state index is 1.08. The van der Waals surface area contributed by atoms with Crippen molar-refractivity contribution in [1.82, 2.24) is 10.2 Å². The van der Waals surface area contributed by atoms with Crippen molar-refractivity contribution in [3.05, 3.63) is 29.3 Å². The Kier molecular flexibility index (Phi) is 4.02. The summed E-state index contributed by atoms with van der Waals surface area (Å²) < 4.78 is 0. The summed E-state index contributed by atoms with van der Waals surface area (Å²) >= 11 is 0. The maximum atomic E-state index is 3.39. The first kappa shape index (κ1) is 12.4. The third-order valence-electron chi connectivity index (χ3n) is 3.45. The van der Waals surface area contributed by atoms with Gasteiger partial charge in [-0.25, -0.2) is 0 Å². The van der Waals surface area contributed by atoms with Crippen molar-refractivity contribution in [2.45, 2.75) is 13.5 Å². The summed E-state index contributed by atoms with van der Waals surface area (Å²) in [6.07, 6.45) is 0. The molecule has 0 saturated carbocycles. The molecule has 0 atom stereocenters. The van der Waals surface area contributed by atoms with Crippen molar-refractivity contribution in [1.29, 1.82) is 0 Å². The van der Waals surface area contributed by atoms with Crippen LogP contribution in [0.3, 0.4) is 0 Å². The van der Waals surface area contributed by atoms with Gasteiger partial charge >= 0.3 is 0 Å². The van der Waals surface area contributed by atoms with E-state index in [1.807, 2.05) is 0 Å². The minimum Gasteiger partial charge on any atom is -0.378 e. The van der Waals surface area contributed by atoms with Crippen LogP contribution in [0.15, 0.2) is 18.2 Å². The van der Waals surface area contributed by atoms with Crippen molar-refractivity contribution in [3.63, 3.8) is 0 Å². The van der Waals surface area contributed by atoms with Crippen molar-refractivity contribution >= 4 is 5.69 Å². The van der Waals surface area contributed by atoms with Gasteiger partial charge in [0.05, 0.1) is 0 Å². The van der Waals surface area contributed by atoms with Crippen LogP contribution in [-0.4, -0.2) is 45.2 Å². The maximum absolute atomic E-state index is 3.39. The van der Waals surface area contributed by atoms with Crippen LogP contribution in [0.4, 0.5) is 5.69 Å². The summed E-state index contributed by atoms with van der Waals surface area (Å²) in [5, 5.41) is 3.39. The summed E-state index contributed by atoms with van der Waals surface area (Å²) in [6.45, 7) is 7.86. The highest BCUT2D eigenvalue weighted by Gasteiger charge is 2.11. The van der Waals surface area contributed by atoms with E-state index in [1.165, 1.54) is 16.8 Å². The lowest BCUT2D eigenvalue weighted by Crippen LogP contribution is -2.42. The van der Waals surface area contributed by atoms with E-state index < -0.39 is 0 Å². The molecular weight excluding hydrogens is 210 g/mol. The zero-order chi connectivity index (χ0) is 12.3. The van der Waals surface area contributed by atoms with Gasteiger partial charge in [0.2, 0.25) is 0 Å². The molecule has 0 spiro atoms. The molecule has 0 aromatic heterocycles. The number of nitrogens with zero attached hydrogens (tertiary/aromatic N) is 2. The standard InChI is InChI=1S/C14H23N3/c1-12-10-14(16(2)3)5-4-13(12)11-17-8-6-15-7-9-17/h4-5,10,15H,6-9,11H2,1-3H3. The molecule has 0 unspecified atom stereocenters. The number of anilines is 1. The van der Waals surface area contributed by atoms with Gasteiger partial charge in [-0.2, -0.15) is 0 Å². The fourth-order valence-corrected chi connectivity index (χ4v) is 2.25. The highest BCUT2D eigenvalue weighted by molar-refractivity contribution is 5.49. The molecule has 1 N–H and O–H groups in total. The van der Waals surface area contributed by atoms with E-state index in [0.717, 1.165) is 32.7 Å². The van der Waals surface area contributed by atoms with Crippen LogP contribution in [0, 0.1) is 6.92 Å². The molecular formula is C14H23N3. The Hall–Kier alpha value is -1.06. The number of benzene rings is 1. The van der Waals surface area contributed by atoms with Gasteiger partial charge in [-0.1, -0.05) is 6.07 Å². The Morgan fingerprint density at radius 1 is 1.24 bits per heavy atom. The van der Waals surface area contributed by atoms with Gasteiger partial charge in [-0.15, -0.1) is 0 Å². The Labute approximate surface area is 104 Å². The van der Waals surface area contributed by atoms with Gasteiger partial charge in [0.25, 0.3) is 0 Å². The van der Waals surface area contributed by atoms with Gasteiger partial charge in [0, 0.05) is 52.5 Å². The molecule has 1 heterocycles. The van der Waals surface area contributed by atoms with Gasteiger partial charge in [-0.3, -0.25) is 4.90 Å². The lowest BCUT2D eigenvalue weighted by Gasteiger charge is -2.28. The molecule has 1 aliphatic heterocycles. The van der Waals surface area contributed by atoms with E-state index >= 15 is 0 Å². The lowest BCUT2D eigenvalue weighted by atomic mass is 10.1. The van der Waals surface area contributed by atoms with E-state index in [0.29, 0.717) is 0 Å². The van der Waals surface area contributed by atoms with Crippen LogP contribution < -0.4 is 10.2 Å². The summed E-state index contributed by atoms with van der Waals surface area (Å²) in [7, 11) is 4.18. The third-order valence-corrected chi connectivity index (χ3v) is 3.45. The number of nitrogens with one attached hydrogen (secondary N) is 1. The fraction of sp³-hybridized carbons (Fsp3) is 0.571.